The van der Waals surface area contributed by atoms with E-state index < -0.39 is 0 Å². The summed E-state index contributed by atoms with van der Waals surface area (Å²) in [5.41, 5.74) is 1.40. The summed E-state index contributed by atoms with van der Waals surface area (Å²) in [4.78, 5) is 6.96. The number of aliphatic imine (C=N–C) groups is 1. The molecule has 4 nitrogen and oxygen atoms in total. The van der Waals surface area contributed by atoms with Gasteiger partial charge in [-0.2, -0.15) is 0 Å². The van der Waals surface area contributed by atoms with E-state index in [2.05, 4.69) is 57.8 Å². The van der Waals surface area contributed by atoms with Crippen molar-refractivity contribution in [3.63, 3.8) is 0 Å². The van der Waals surface area contributed by atoms with Crippen LogP contribution in [0.3, 0.4) is 0 Å². The molecule has 3 unspecified atom stereocenters. The second kappa shape index (κ2) is 8.87. The second-order valence-corrected chi connectivity index (χ2v) is 6.59. The lowest BCUT2D eigenvalue weighted by Gasteiger charge is -2.29. The van der Waals surface area contributed by atoms with Gasteiger partial charge in [-0.05, 0) is 43.8 Å². The lowest BCUT2D eigenvalue weighted by Crippen LogP contribution is -2.43. The van der Waals surface area contributed by atoms with Crippen LogP contribution in [0.1, 0.15) is 37.8 Å². The van der Waals surface area contributed by atoms with Crippen LogP contribution in [0.5, 0.6) is 0 Å². The molecule has 23 heavy (non-hydrogen) atoms. The highest BCUT2D eigenvalue weighted by molar-refractivity contribution is 14.0. The van der Waals surface area contributed by atoms with Gasteiger partial charge in [0.1, 0.15) is 0 Å². The van der Waals surface area contributed by atoms with Gasteiger partial charge >= 0.3 is 0 Å². The molecule has 2 N–H and O–H groups in total. The van der Waals surface area contributed by atoms with Crippen LogP contribution in [0.2, 0.25) is 0 Å². The highest BCUT2D eigenvalue weighted by Crippen LogP contribution is 2.29. The predicted molar refractivity (Wildman–Crippen MR) is 107 cm³/mol. The van der Waals surface area contributed by atoms with Crippen molar-refractivity contribution in [3.8, 4) is 0 Å². The Morgan fingerprint density at radius 2 is 1.91 bits per heavy atom. The molecule has 0 aromatic heterocycles. The molecule has 1 aromatic rings. The average molecular weight is 428 g/mol. The van der Waals surface area contributed by atoms with Gasteiger partial charge in [0.25, 0.3) is 0 Å². The van der Waals surface area contributed by atoms with Gasteiger partial charge in [0.2, 0.25) is 0 Å². The minimum absolute atomic E-state index is 0. The van der Waals surface area contributed by atoms with Gasteiger partial charge in [0, 0.05) is 19.6 Å². The maximum atomic E-state index is 4.37. The van der Waals surface area contributed by atoms with Crippen molar-refractivity contribution in [2.24, 2.45) is 10.9 Å². The first-order valence-electron chi connectivity index (χ1n) is 8.54. The summed E-state index contributed by atoms with van der Waals surface area (Å²) in [6.45, 7) is 5.59. The first kappa shape index (κ1) is 18.5. The molecule has 128 valence electrons. The molecule has 3 rings (SSSR count). The van der Waals surface area contributed by atoms with Crippen LogP contribution in [0.4, 0.5) is 0 Å². The minimum Gasteiger partial charge on any atom is -0.354 e. The van der Waals surface area contributed by atoms with Crippen molar-refractivity contribution in [3.05, 3.63) is 35.9 Å². The van der Waals surface area contributed by atoms with Crippen molar-refractivity contribution in [2.45, 2.75) is 38.3 Å². The van der Waals surface area contributed by atoms with Crippen LogP contribution in [0, 0.1) is 5.92 Å². The average Bonchev–Trinajstić information content (AvgIpc) is 3.02. The Kier molecular flexibility index (Phi) is 7.14. The summed E-state index contributed by atoms with van der Waals surface area (Å²) in [6.07, 6.45) is 3.89. The standard InChI is InChI=1S/C18H28N4.HI/c1-14-12-16(14)21-18(19-2)20-13-17(22-10-6-7-11-22)15-8-4-3-5-9-15;/h3-5,8-9,14,16-17H,6-7,10-13H2,1-2H3,(H2,19,20,21);1H. The molecule has 0 amide bonds. The molecule has 3 atom stereocenters. The van der Waals surface area contributed by atoms with E-state index in [9.17, 15) is 0 Å². The number of hydrogen-bond donors (Lipinski definition) is 2. The molecule has 1 aliphatic carbocycles. The third-order valence-electron chi connectivity index (χ3n) is 4.88. The summed E-state index contributed by atoms with van der Waals surface area (Å²) >= 11 is 0. The van der Waals surface area contributed by atoms with Crippen LogP contribution in [0.15, 0.2) is 35.3 Å². The summed E-state index contributed by atoms with van der Waals surface area (Å²) in [5.74, 6) is 1.72. The molecule has 0 spiro atoms. The molecular formula is C18H29IN4. The van der Waals surface area contributed by atoms with Gasteiger partial charge in [-0.1, -0.05) is 37.3 Å². The monoisotopic (exact) mass is 428 g/mol. The van der Waals surface area contributed by atoms with Crippen LogP contribution in [-0.4, -0.2) is 43.6 Å². The van der Waals surface area contributed by atoms with Gasteiger partial charge in [0.15, 0.2) is 5.96 Å². The van der Waals surface area contributed by atoms with Crippen molar-refractivity contribution < 1.29 is 0 Å². The van der Waals surface area contributed by atoms with Gasteiger partial charge in [-0.25, -0.2) is 0 Å². The third-order valence-corrected chi connectivity index (χ3v) is 4.88. The third kappa shape index (κ3) is 5.08. The topological polar surface area (TPSA) is 39.7 Å². The van der Waals surface area contributed by atoms with Gasteiger partial charge < -0.3 is 10.6 Å². The predicted octanol–water partition coefficient (Wildman–Crippen LogP) is 3.01. The quantitative estimate of drug-likeness (QED) is 0.431. The fourth-order valence-corrected chi connectivity index (χ4v) is 3.27. The largest absolute Gasteiger partial charge is 0.354 e. The molecule has 0 radical (unpaired) electrons. The number of nitrogens with zero attached hydrogens (tertiary/aromatic N) is 2. The first-order chi connectivity index (χ1) is 10.8. The van der Waals surface area contributed by atoms with E-state index in [0.29, 0.717) is 12.1 Å². The van der Waals surface area contributed by atoms with E-state index in [1.54, 1.807) is 0 Å². The maximum absolute atomic E-state index is 4.37. The summed E-state index contributed by atoms with van der Waals surface area (Å²) < 4.78 is 0. The Bertz CT molecular complexity index is 499. The van der Waals surface area contributed by atoms with Crippen LogP contribution >= 0.6 is 24.0 Å². The van der Waals surface area contributed by atoms with Crippen LogP contribution in [0.25, 0.3) is 0 Å². The van der Waals surface area contributed by atoms with Crippen LogP contribution in [-0.2, 0) is 0 Å². The Hall–Kier alpha value is -0.820. The Labute approximate surface area is 157 Å². The fraction of sp³-hybridized carbons (Fsp3) is 0.611. The zero-order valence-corrected chi connectivity index (χ0v) is 16.5. The smallest absolute Gasteiger partial charge is 0.191 e. The molecule has 1 aromatic carbocycles. The fourth-order valence-electron chi connectivity index (χ4n) is 3.27. The molecule has 1 aliphatic heterocycles. The molecule has 1 saturated carbocycles. The molecular weight excluding hydrogens is 399 g/mol. The lowest BCUT2D eigenvalue weighted by atomic mass is 10.1. The number of guanidine groups is 1. The second-order valence-electron chi connectivity index (χ2n) is 6.59. The van der Waals surface area contributed by atoms with E-state index in [4.69, 9.17) is 0 Å². The molecule has 2 aliphatic rings. The van der Waals surface area contributed by atoms with Crippen molar-refractivity contribution >= 4 is 29.9 Å². The van der Waals surface area contributed by atoms with Crippen molar-refractivity contribution in [1.82, 2.24) is 15.5 Å². The number of nitrogens with one attached hydrogen (secondary N) is 2. The maximum Gasteiger partial charge on any atom is 0.191 e. The van der Waals surface area contributed by atoms with Crippen molar-refractivity contribution in [2.75, 3.05) is 26.7 Å². The van der Waals surface area contributed by atoms with Crippen LogP contribution < -0.4 is 10.6 Å². The SMILES string of the molecule is CN=C(NCC(c1ccccc1)N1CCCC1)NC1CC1C.I. The zero-order valence-electron chi connectivity index (χ0n) is 14.2. The summed E-state index contributed by atoms with van der Waals surface area (Å²) in [7, 11) is 1.86. The van der Waals surface area contributed by atoms with E-state index in [-0.39, 0.29) is 24.0 Å². The summed E-state index contributed by atoms with van der Waals surface area (Å²) in [5, 5.41) is 7.04. The zero-order chi connectivity index (χ0) is 15.4. The molecule has 1 heterocycles. The van der Waals surface area contributed by atoms with Gasteiger partial charge in [-0.3, -0.25) is 9.89 Å². The summed E-state index contributed by atoms with van der Waals surface area (Å²) in [6, 6.07) is 11.9. The molecule has 0 bridgehead atoms. The number of hydrogen-bond acceptors (Lipinski definition) is 2. The highest BCUT2D eigenvalue weighted by Gasteiger charge is 2.33. The molecule has 5 heteroatoms. The highest BCUT2D eigenvalue weighted by atomic mass is 127. The van der Waals surface area contributed by atoms with E-state index in [0.717, 1.165) is 18.4 Å². The normalized spacial score (nSPS) is 25.6. The Balaban J connectivity index is 0.00000192. The van der Waals surface area contributed by atoms with E-state index >= 15 is 0 Å². The molecule has 2 fully saturated rings. The van der Waals surface area contributed by atoms with Crippen molar-refractivity contribution in [1.29, 1.82) is 0 Å². The number of halogens is 1. The number of likely N-dealkylation sites (tertiary alicyclic amines) is 1. The van der Waals surface area contributed by atoms with Gasteiger partial charge in [0.05, 0.1) is 6.04 Å². The van der Waals surface area contributed by atoms with E-state index in [1.165, 1.54) is 37.9 Å². The minimum atomic E-state index is 0. The lowest BCUT2D eigenvalue weighted by molar-refractivity contribution is 0.245. The Morgan fingerprint density at radius 1 is 1.26 bits per heavy atom. The molecule has 1 saturated heterocycles. The number of rotatable bonds is 5. The van der Waals surface area contributed by atoms with E-state index in [1.807, 2.05) is 7.05 Å². The first-order valence-corrected chi connectivity index (χ1v) is 8.54. The Morgan fingerprint density at radius 3 is 2.48 bits per heavy atom. The van der Waals surface area contributed by atoms with Gasteiger partial charge in [-0.15, -0.1) is 24.0 Å². The number of benzene rings is 1.